The van der Waals surface area contributed by atoms with Crippen LogP contribution in [-0.2, 0) is 0 Å². The number of para-hydroxylation sites is 1. The van der Waals surface area contributed by atoms with Gasteiger partial charge in [-0.2, -0.15) is 5.10 Å². The molecule has 0 radical (unpaired) electrons. The van der Waals surface area contributed by atoms with E-state index in [4.69, 9.17) is 5.41 Å². The molecule has 0 saturated heterocycles. The Morgan fingerprint density at radius 1 is 1.20 bits per heavy atom. The molecule has 0 spiro atoms. The fourth-order valence-electron chi connectivity index (χ4n) is 1.95. The van der Waals surface area contributed by atoms with Crippen molar-refractivity contribution in [3.05, 3.63) is 47.7 Å². The zero-order valence-electron chi connectivity index (χ0n) is 10.2. The van der Waals surface area contributed by atoms with Crippen molar-refractivity contribution in [2.75, 3.05) is 0 Å². The van der Waals surface area contributed by atoms with Crippen LogP contribution in [0.2, 0.25) is 0 Å². The predicted molar refractivity (Wildman–Crippen MR) is 73.6 cm³/mol. The van der Waals surface area contributed by atoms with E-state index in [1.807, 2.05) is 36.5 Å². The van der Waals surface area contributed by atoms with Gasteiger partial charge < -0.3 is 0 Å². The molecule has 8 heteroatoms. The third kappa shape index (κ3) is 1.66. The molecular weight excluding hydrogens is 274 g/mol. The molecule has 0 amide bonds. The second kappa shape index (κ2) is 4.14. The van der Waals surface area contributed by atoms with E-state index in [0.717, 1.165) is 5.69 Å². The number of hydrogen-bond donors (Lipinski definition) is 2. The Labute approximate surface area is 116 Å². The largest absolute Gasteiger partial charge is 0.281 e. The summed E-state index contributed by atoms with van der Waals surface area (Å²) in [5.41, 5.74) is 1.57. The minimum absolute atomic E-state index is 0.357. The summed E-state index contributed by atoms with van der Waals surface area (Å²) in [5, 5.41) is 16.1. The van der Waals surface area contributed by atoms with E-state index < -0.39 is 0 Å². The molecule has 4 aromatic rings. The van der Waals surface area contributed by atoms with Crippen LogP contribution in [0.25, 0.3) is 22.2 Å². The van der Waals surface area contributed by atoms with Gasteiger partial charge >= 0.3 is 0 Å². The maximum Gasteiger partial charge on any atom is 0.250 e. The number of aromatic nitrogens is 6. The van der Waals surface area contributed by atoms with Crippen molar-refractivity contribution >= 4 is 17.1 Å². The molecule has 0 aliphatic heterocycles. The Bertz CT molecular complexity index is 899. The van der Waals surface area contributed by atoms with Crippen LogP contribution < -0.4 is 4.80 Å². The molecule has 0 fully saturated rings. The second-order valence-electron chi connectivity index (χ2n) is 4.14. The molecule has 0 saturated carbocycles. The van der Waals surface area contributed by atoms with E-state index in [0.29, 0.717) is 21.3 Å². The van der Waals surface area contributed by atoms with Crippen molar-refractivity contribution in [3.63, 3.8) is 0 Å². The van der Waals surface area contributed by atoms with Crippen LogP contribution in [0.15, 0.2) is 42.9 Å². The van der Waals surface area contributed by atoms with E-state index >= 15 is 0 Å². The summed E-state index contributed by atoms with van der Waals surface area (Å²) in [6, 6.07) is 9.61. The topological polar surface area (TPSA) is 87.7 Å². The highest BCUT2D eigenvalue weighted by molar-refractivity contribution is 7.12. The number of rotatable bonds is 2. The van der Waals surface area contributed by atoms with Gasteiger partial charge in [-0.3, -0.25) is 10.5 Å². The van der Waals surface area contributed by atoms with Gasteiger partial charge in [0.15, 0.2) is 5.01 Å². The smallest absolute Gasteiger partial charge is 0.250 e. The minimum atomic E-state index is 0.357. The Balaban J connectivity index is 1.85. The van der Waals surface area contributed by atoms with Crippen molar-refractivity contribution in [1.29, 1.82) is 5.41 Å². The third-order valence-corrected chi connectivity index (χ3v) is 3.71. The van der Waals surface area contributed by atoms with Gasteiger partial charge in [-0.05, 0) is 12.1 Å². The number of fused-ring (bicyclic) bond motifs is 1. The first-order valence-corrected chi connectivity index (χ1v) is 6.72. The lowest BCUT2D eigenvalue weighted by atomic mass is 10.3. The Morgan fingerprint density at radius 2 is 2.05 bits per heavy atom. The lowest BCUT2D eigenvalue weighted by molar-refractivity contribution is 0.824. The molecule has 20 heavy (non-hydrogen) atoms. The Hall–Kier alpha value is -2.74. The number of imidazole rings is 1. The summed E-state index contributed by atoms with van der Waals surface area (Å²) in [7, 11) is 0. The zero-order valence-corrected chi connectivity index (χ0v) is 11.0. The Kier molecular flexibility index (Phi) is 2.30. The minimum Gasteiger partial charge on any atom is -0.281 e. The van der Waals surface area contributed by atoms with Gasteiger partial charge in [0.25, 0.3) is 5.78 Å². The van der Waals surface area contributed by atoms with Crippen molar-refractivity contribution in [3.8, 4) is 16.4 Å². The predicted octanol–water partition coefficient (Wildman–Crippen LogP) is 1.45. The number of aromatic amines is 1. The van der Waals surface area contributed by atoms with Crippen molar-refractivity contribution in [2.24, 2.45) is 0 Å². The van der Waals surface area contributed by atoms with Gasteiger partial charge in [0.1, 0.15) is 12.0 Å². The molecule has 1 aromatic carbocycles. The first kappa shape index (κ1) is 11.1. The lowest BCUT2D eigenvalue weighted by Gasteiger charge is -1.98. The maximum atomic E-state index is 8.04. The summed E-state index contributed by atoms with van der Waals surface area (Å²) in [6.07, 6.45) is 3.39. The van der Waals surface area contributed by atoms with Gasteiger partial charge in [-0.15, -0.1) is 0 Å². The first-order valence-electron chi connectivity index (χ1n) is 5.90. The highest BCUT2D eigenvalue weighted by Crippen LogP contribution is 2.19. The highest BCUT2D eigenvalue weighted by Gasteiger charge is 2.12. The van der Waals surface area contributed by atoms with Crippen LogP contribution in [0.1, 0.15) is 0 Å². The van der Waals surface area contributed by atoms with E-state index in [2.05, 4.69) is 20.2 Å². The third-order valence-electron chi connectivity index (χ3n) is 2.86. The molecule has 0 atom stereocenters. The van der Waals surface area contributed by atoms with Crippen LogP contribution >= 0.6 is 11.3 Å². The number of hydrogen-bond acceptors (Lipinski definition) is 5. The normalized spacial score (nSPS) is 11.2. The van der Waals surface area contributed by atoms with Crippen LogP contribution in [0.3, 0.4) is 0 Å². The fraction of sp³-hybridized carbons (Fsp3) is 0. The van der Waals surface area contributed by atoms with E-state index in [-0.39, 0.29) is 0 Å². The van der Waals surface area contributed by atoms with Crippen LogP contribution in [0.4, 0.5) is 0 Å². The molecule has 98 valence electrons. The number of nitrogens with one attached hydrogen (secondary N) is 2. The monoisotopic (exact) mass is 283 g/mol. The van der Waals surface area contributed by atoms with E-state index in [9.17, 15) is 0 Å². The zero-order chi connectivity index (χ0) is 13.5. The molecular formula is C12H9N7S. The van der Waals surface area contributed by atoms with Gasteiger partial charge in [-0.25, -0.2) is 19.2 Å². The van der Waals surface area contributed by atoms with Crippen LogP contribution in [-0.4, -0.2) is 29.4 Å². The molecule has 0 bridgehead atoms. The standard InChI is InChI=1S/C12H9N7S/c13-11-19(8-4-2-1-3-5-8)17-10(20-11)9-6-18-12(16-9)14-7-15-18/h1-7,13H,(H,14,15,16). The van der Waals surface area contributed by atoms with Gasteiger partial charge in [-0.1, -0.05) is 29.5 Å². The van der Waals surface area contributed by atoms with Crippen molar-refractivity contribution < 1.29 is 0 Å². The molecule has 0 aliphatic rings. The number of nitrogens with zero attached hydrogens (tertiary/aromatic N) is 5. The van der Waals surface area contributed by atoms with Gasteiger partial charge in [0, 0.05) is 0 Å². The van der Waals surface area contributed by atoms with E-state index in [1.54, 1.807) is 15.5 Å². The van der Waals surface area contributed by atoms with Crippen molar-refractivity contribution in [2.45, 2.75) is 0 Å². The maximum absolute atomic E-state index is 8.04. The Morgan fingerprint density at radius 3 is 2.85 bits per heavy atom. The summed E-state index contributed by atoms with van der Waals surface area (Å²) in [4.78, 5) is 8.79. The average Bonchev–Trinajstić information content (AvgIpc) is 3.12. The summed E-state index contributed by atoms with van der Waals surface area (Å²) in [5.74, 6) is 0.591. The lowest BCUT2D eigenvalue weighted by Crippen LogP contribution is -2.11. The summed E-state index contributed by atoms with van der Waals surface area (Å²) in [6.45, 7) is 0. The number of H-pyrrole nitrogens is 1. The quantitative estimate of drug-likeness (QED) is 0.583. The van der Waals surface area contributed by atoms with Gasteiger partial charge in [0.05, 0.1) is 11.9 Å². The van der Waals surface area contributed by atoms with E-state index in [1.165, 1.54) is 11.3 Å². The molecule has 3 aromatic heterocycles. The van der Waals surface area contributed by atoms with Crippen molar-refractivity contribution in [1.82, 2.24) is 29.4 Å². The fourth-order valence-corrected chi connectivity index (χ4v) is 2.69. The SMILES string of the molecule is N=c1sc(-c2cn3[nH]cnc3n2)nn1-c1ccccc1. The van der Waals surface area contributed by atoms with Crippen LogP contribution in [0, 0.1) is 5.41 Å². The number of benzene rings is 1. The first-order chi connectivity index (χ1) is 9.81. The molecule has 3 heterocycles. The molecule has 4 rings (SSSR count). The molecule has 0 aliphatic carbocycles. The molecule has 7 nitrogen and oxygen atoms in total. The van der Waals surface area contributed by atoms with Crippen LogP contribution in [0.5, 0.6) is 0 Å². The summed E-state index contributed by atoms with van der Waals surface area (Å²) < 4.78 is 3.31. The second-order valence-corrected chi connectivity index (χ2v) is 5.12. The summed E-state index contributed by atoms with van der Waals surface area (Å²) >= 11 is 1.28. The average molecular weight is 283 g/mol. The van der Waals surface area contributed by atoms with Gasteiger partial charge in [0.2, 0.25) is 4.80 Å². The molecule has 2 N–H and O–H groups in total. The molecule has 0 unspecified atom stereocenters. The highest BCUT2D eigenvalue weighted by atomic mass is 32.1.